The van der Waals surface area contributed by atoms with Crippen molar-refractivity contribution < 1.29 is 9.90 Å². The minimum atomic E-state index is 0.197. The van der Waals surface area contributed by atoms with Crippen LogP contribution in [0.25, 0.3) is 0 Å². The van der Waals surface area contributed by atoms with Gasteiger partial charge < -0.3 is 10.4 Å². The molecule has 1 heterocycles. The Kier molecular flexibility index (Phi) is 4.08. The number of hydrogen-bond acceptors (Lipinski definition) is 3. The molecule has 3 fully saturated rings. The lowest BCUT2D eigenvalue weighted by atomic mass is 9.99. The number of piperidine rings is 1. The molecular formula is C15H26N2O2. The molecule has 1 unspecified atom stereocenters. The van der Waals surface area contributed by atoms with E-state index in [1.807, 2.05) is 0 Å². The van der Waals surface area contributed by atoms with Gasteiger partial charge in [0.2, 0.25) is 5.91 Å². The molecule has 2 saturated carbocycles. The van der Waals surface area contributed by atoms with Gasteiger partial charge in [0.25, 0.3) is 0 Å². The molecule has 2 aliphatic carbocycles. The summed E-state index contributed by atoms with van der Waals surface area (Å²) in [6.07, 6.45) is 7.42. The SMILES string of the molecule is O=C(CN1CCCC(CO)C1)NC(C1CC1)C1CC1. The molecule has 1 saturated heterocycles. The number of nitrogens with one attached hydrogen (secondary N) is 1. The van der Waals surface area contributed by atoms with Crippen LogP contribution in [0.2, 0.25) is 0 Å². The molecule has 0 bridgehead atoms. The first-order chi connectivity index (χ1) is 9.26. The summed E-state index contributed by atoms with van der Waals surface area (Å²) >= 11 is 0. The van der Waals surface area contributed by atoms with E-state index < -0.39 is 0 Å². The molecule has 4 heteroatoms. The summed E-state index contributed by atoms with van der Waals surface area (Å²) in [5, 5.41) is 12.5. The summed E-state index contributed by atoms with van der Waals surface area (Å²) in [6, 6.07) is 0.464. The van der Waals surface area contributed by atoms with Crippen LogP contribution >= 0.6 is 0 Å². The number of hydrogen-bond donors (Lipinski definition) is 2. The summed E-state index contributed by atoms with van der Waals surface area (Å²) in [4.78, 5) is 14.4. The summed E-state index contributed by atoms with van der Waals surface area (Å²) in [5.74, 6) is 2.09. The van der Waals surface area contributed by atoms with E-state index >= 15 is 0 Å². The summed E-state index contributed by atoms with van der Waals surface area (Å²) in [7, 11) is 0. The Balaban J connectivity index is 1.44. The lowest BCUT2D eigenvalue weighted by molar-refractivity contribution is -0.123. The highest BCUT2D eigenvalue weighted by atomic mass is 16.3. The van der Waals surface area contributed by atoms with Crippen molar-refractivity contribution in [3.8, 4) is 0 Å². The van der Waals surface area contributed by atoms with Crippen LogP contribution in [0.1, 0.15) is 38.5 Å². The average Bonchev–Trinajstić information content (AvgIpc) is 3.29. The fraction of sp³-hybridized carbons (Fsp3) is 0.933. The highest BCUT2D eigenvalue weighted by Crippen LogP contribution is 2.44. The lowest BCUT2D eigenvalue weighted by Crippen LogP contribution is -2.46. The quantitative estimate of drug-likeness (QED) is 0.754. The normalized spacial score (nSPS) is 28.6. The molecular weight excluding hydrogens is 240 g/mol. The second-order valence-electron chi connectivity index (χ2n) is 6.69. The molecule has 0 aromatic rings. The van der Waals surface area contributed by atoms with Gasteiger partial charge in [-0.2, -0.15) is 0 Å². The average molecular weight is 266 g/mol. The van der Waals surface area contributed by atoms with Crippen LogP contribution in [0.3, 0.4) is 0 Å². The lowest BCUT2D eigenvalue weighted by Gasteiger charge is -2.31. The fourth-order valence-electron chi connectivity index (χ4n) is 3.41. The topological polar surface area (TPSA) is 52.6 Å². The molecule has 1 aliphatic heterocycles. The molecule has 19 heavy (non-hydrogen) atoms. The van der Waals surface area contributed by atoms with Gasteiger partial charge in [0.15, 0.2) is 0 Å². The second kappa shape index (κ2) is 5.80. The van der Waals surface area contributed by atoms with E-state index in [-0.39, 0.29) is 12.5 Å². The molecule has 1 atom stereocenters. The van der Waals surface area contributed by atoms with Crippen molar-refractivity contribution in [1.29, 1.82) is 0 Å². The van der Waals surface area contributed by atoms with E-state index in [1.54, 1.807) is 0 Å². The predicted molar refractivity (Wildman–Crippen MR) is 73.6 cm³/mol. The van der Waals surface area contributed by atoms with Crippen molar-refractivity contribution in [2.24, 2.45) is 17.8 Å². The second-order valence-corrected chi connectivity index (χ2v) is 6.69. The molecule has 0 spiro atoms. The number of aliphatic hydroxyl groups is 1. The number of carbonyl (C=O) groups is 1. The summed E-state index contributed by atoms with van der Waals surface area (Å²) in [5.41, 5.74) is 0. The van der Waals surface area contributed by atoms with Crippen LogP contribution in [0.15, 0.2) is 0 Å². The van der Waals surface area contributed by atoms with E-state index in [9.17, 15) is 9.90 Å². The first-order valence-corrected chi connectivity index (χ1v) is 7.89. The van der Waals surface area contributed by atoms with Gasteiger partial charge in [-0.3, -0.25) is 9.69 Å². The highest BCUT2D eigenvalue weighted by molar-refractivity contribution is 5.78. The Morgan fingerprint density at radius 1 is 1.21 bits per heavy atom. The molecule has 2 N–H and O–H groups in total. The first-order valence-electron chi connectivity index (χ1n) is 7.89. The molecule has 3 aliphatic rings. The molecule has 4 nitrogen and oxygen atoms in total. The zero-order valence-corrected chi connectivity index (χ0v) is 11.7. The third kappa shape index (κ3) is 3.69. The Morgan fingerprint density at radius 2 is 1.89 bits per heavy atom. The maximum Gasteiger partial charge on any atom is 0.234 e. The van der Waals surface area contributed by atoms with Crippen molar-refractivity contribution in [3.63, 3.8) is 0 Å². The Morgan fingerprint density at radius 3 is 2.47 bits per heavy atom. The van der Waals surface area contributed by atoms with Crippen molar-refractivity contribution in [2.75, 3.05) is 26.2 Å². The molecule has 3 rings (SSSR count). The highest BCUT2D eigenvalue weighted by Gasteiger charge is 2.42. The molecule has 0 radical (unpaired) electrons. The molecule has 1 amide bonds. The van der Waals surface area contributed by atoms with Crippen LogP contribution in [0.5, 0.6) is 0 Å². The number of amides is 1. The molecule has 0 aromatic heterocycles. The van der Waals surface area contributed by atoms with E-state index in [1.165, 1.54) is 25.7 Å². The van der Waals surface area contributed by atoms with Crippen LogP contribution in [-0.4, -0.2) is 48.2 Å². The maximum absolute atomic E-state index is 12.2. The van der Waals surface area contributed by atoms with Gasteiger partial charge in [-0.15, -0.1) is 0 Å². The third-order valence-electron chi connectivity index (χ3n) is 4.82. The molecule has 108 valence electrons. The van der Waals surface area contributed by atoms with Crippen LogP contribution < -0.4 is 5.32 Å². The van der Waals surface area contributed by atoms with Gasteiger partial charge in [-0.05, 0) is 62.8 Å². The zero-order valence-electron chi connectivity index (χ0n) is 11.7. The molecule has 0 aromatic carbocycles. The van der Waals surface area contributed by atoms with Crippen LogP contribution in [0, 0.1) is 17.8 Å². The Hall–Kier alpha value is -0.610. The van der Waals surface area contributed by atoms with E-state index in [4.69, 9.17) is 0 Å². The number of carbonyl (C=O) groups excluding carboxylic acids is 1. The largest absolute Gasteiger partial charge is 0.396 e. The monoisotopic (exact) mass is 266 g/mol. The zero-order chi connectivity index (χ0) is 13.2. The summed E-state index contributed by atoms with van der Waals surface area (Å²) in [6.45, 7) is 2.65. The van der Waals surface area contributed by atoms with E-state index in [2.05, 4.69) is 10.2 Å². The Labute approximate surface area is 115 Å². The number of aliphatic hydroxyl groups excluding tert-OH is 1. The van der Waals surface area contributed by atoms with Gasteiger partial charge in [-0.25, -0.2) is 0 Å². The predicted octanol–water partition coefficient (Wildman–Crippen LogP) is 0.995. The van der Waals surface area contributed by atoms with Crippen molar-refractivity contribution in [3.05, 3.63) is 0 Å². The number of rotatable bonds is 6. The van der Waals surface area contributed by atoms with Crippen molar-refractivity contribution >= 4 is 5.91 Å². The number of nitrogens with zero attached hydrogens (tertiary/aromatic N) is 1. The Bertz CT molecular complexity index is 314. The van der Waals surface area contributed by atoms with E-state index in [0.29, 0.717) is 18.5 Å². The number of likely N-dealkylation sites (tertiary alicyclic amines) is 1. The minimum absolute atomic E-state index is 0.197. The minimum Gasteiger partial charge on any atom is -0.396 e. The smallest absolute Gasteiger partial charge is 0.234 e. The van der Waals surface area contributed by atoms with Crippen molar-refractivity contribution in [1.82, 2.24) is 10.2 Å². The fourth-order valence-corrected chi connectivity index (χ4v) is 3.41. The van der Waals surface area contributed by atoms with Crippen molar-refractivity contribution in [2.45, 2.75) is 44.6 Å². The van der Waals surface area contributed by atoms with Gasteiger partial charge in [0, 0.05) is 19.2 Å². The standard InChI is InChI=1S/C15H26N2O2/c18-10-11-2-1-7-17(8-11)9-14(19)16-15(12-3-4-12)13-5-6-13/h11-13,15,18H,1-10H2,(H,16,19). The summed E-state index contributed by atoms with van der Waals surface area (Å²) < 4.78 is 0. The van der Waals surface area contributed by atoms with Gasteiger partial charge in [0.1, 0.15) is 0 Å². The van der Waals surface area contributed by atoms with Gasteiger partial charge in [-0.1, -0.05) is 0 Å². The maximum atomic E-state index is 12.2. The van der Waals surface area contributed by atoms with Gasteiger partial charge in [0.05, 0.1) is 6.54 Å². The first kappa shape index (κ1) is 13.4. The van der Waals surface area contributed by atoms with Crippen LogP contribution in [0.4, 0.5) is 0 Å². The van der Waals surface area contributed by atoms with Gasteiger partial charge >= 0.3 is 0 Å². The van der Waals surface area contributed by atoms with E-state index in [0.717, 1.165) is 37.8 Å². The van der Waals surface area contributed by atoms with Crippen LogP contribution in [-0.2, 0) is 4.79 Å². The third-order valence-corrected chi connectivity index (χ3v) is 4.82.